The van der Waals surface area contributed by atoms with Gasteiger partial charge in [-0.25, -0.2) is 4.79 Å². The average Bonchev–Trinajstić information content (AvgIpc) is 2.78. The van der Waals surface area contributed by atoms with Crippen molar-refractivity contribution in [1.82, 2.24) is 10.6 Å². The molecule has 3 N–H and O–H groups in total. The Morgan fingerprint density at radius 3 is 2.14 bits per heavy atom. The SMILES string of the molecule is CC(C)(C)OC(=O)NCC(=O)Nc1ccccc1CNC(=O)CCCOc1ccc(C(C)(C)C)cc1. The van der Waals surface area contributed by atoms with E-state index < -0.39 is 17.6 Å². The lowest BCUT2D eigenvalue weighted by molar-refractivity contribution is -0.121. The number of rotatable bonds is 10. The van der Waals surface area contributed by atoms with Crippen molar-refractivity contribution in [3.63, 3.8) is 0 Å². The van der Waals surface area contributed by atoms with Gasteiger partial charge >= 0.3 is 6.09 Å². The summed E-state index contributed by atoms with van der Waals surface area (Å²) in [5.41, 5.74) is 2.01. The third-order valence-electron chi connectivity index (χ3n) is 5.10. The number of hydrogen-bond donors (Lipinski definition) is 3. The minimum atomic E-state index is -0.663. The molecular weight excluding hydrogens is 458 g/mol. The average molecular weight is 498 g/mol. The van der Waals surface area contributed by atoms with E-state index in [1.165, 1.54) is 5.56 Å². The molecule has 0 bridgehead atoms. The molecule has 0 saturated heterocycles. The van der Waals surface area contributed by atoms with Gasteiger partial charge in [0.1, 0.15) is 17.9 Å². The summed E-state index contributed by atoms with van der Waals surface area (Å²) in [6, 6.07) is 15.2. The molecule has 8 nitrogen and oxygen atoms in total. The highest BCUT2D eigenvalue weighted by molar-refractivity contribution is 5.94. The van der Waals surface area contributed by atoms with E-state index in [9.17, 15) is 14.4 Å². The van der Waals surface area contributed by atoms with Crippen molar-refractivity contribution >= 4 is 23.6 Å². The number of alkyl carbamates (subject to hydrolysis) is 1. The lowest BCUT2D eigenvalue weighted by Crippen LogP contribution is -2.37. The van der Waals surface area contributed by atoms with Crippen LogP contribution in [-0.2, 0) is 26.3 Å². The fourth-order valence-electron chi connectivity index (χ4n) is 3.21. The molecule has 2 aromatic rings. The molecule has 8 heteroatoms. The normalized spacial score (nSPS) is 11.4. The molecule has 0 unspecified atom stereocenters. The number of para-hydroxylation sites is 1. The van der Waals surface area contributed by atoms with Crippen LogP contribution in [0.15, 0.2) is 48.5 Å². The zero-order valence-corrected chi connectivity index (χ0v) is 22.2. The topological polar surface area (TPSA) is 106 Å². The second-order valence-corrected chi connectivity index (χ2v) is 10.6. The Labute approximate surface area is 214 Å². The van der Waals surface area contributed by atoms with E-state index >= 15 is 0 Å². The third kappa shape index (κ3) is 10.8. The van der Waals surface area contributed by atoms with Crippen LogP contribution >= 0.6 is 0 Å². The van der Waals surface area contributed by atoms with Crippen LogP contribution in [0.5, 0.6) is 5.75 Å². The number of carbonyl (C=O) groups excluding carboxylic acids is 3. The molecule has 0 fully saturated rings. The van der Waals surface area contributed by atoms with Crippen LogP contribution in [0, 0.1) is 0 Å². The zero-order valence-electron chi connectivity index (χ0n) is 22.2. The smallest absolute Gasteiger partial charge is 0.408 e. The molecule has 0 aliphatic rings. The van der Waals surface area contributed by atoms with E-state index in [4.69, 9.17) is 9.47 Å². The quantitative estimate of drug-likeness (QED) is 0.404. The highest BCUT2D eigenvalue weighted by atomic mass is 16.6. The Morgan fingerprint density at radius 2 is 1.50 bits per heavy atom. The zero-order chi connectivity index (χ0) is 26.8. The van der Waals surface area contributed by atoms with Crippen molar-refractivity contribution in [2.24, 2.45) is 0 Å². The lowest BCUT2D eigenvalue weighted by Gasteiger charge is -2.19. The van der Waals surface area contributed by atoms with Crippen molar-refractivity contribution in [3.05, 3.63) is 59.7 Å². The standard InChI is InChI=1S/C28H39N3O5/c1-27(2,3)21-13-15-22(16-14-21)35-17-9-12-24(32)29-18-20-10-7-8-11-23(20)31-25(33)19-30-26(34)36-28(4,5)6/h7-8,10-11,13-16H,9,12,17-19H2,1-6H3,(H,29,32)(H,30,34)(H,31,33). The Hall–Kier alpha value is -3.55. The summed E-state index contributed by atoms with van der Waals surface area (Å²) in [4.78, 5) is 36.3. The van der Waals surface area contributed by atoms with Gasteiger partial charge in [0.25, 0.3) is 0 Å². The Kier molecular flexibility index (Phi) is 10.3. The van der Waals surface area contributed by atoms with Gasteiger partial charge in [0.2, 0.25) is 11.8 Å². The molecule has 36 heavy (non-hydrogen) atoms. The largest absolute Gasteiger partial charge is 0.494 e. The van der Waals surface area contributed by atoms with E-state index in [-0.39, 0.29) is 24.4 Å². The van der Waals surface area contributed by atoms with Crippen LogP contribution in [0.2, 0.25) is 0 Å². The molecule has 0 atom stereocenters. The molecule has 0 aromatic heterocycles. The van der Waals surface area contributed by atoms with Crippen LogP contribution in [-0.4, -0.2) is 36.7 Å². The maximum atomic E-state index is 12.3. The fraction of sp³-hybridized carbons (Fsp3) is 0.464. The first kappa shape index (κ1) is 28.7. The van der Waals surface area contributed by atoms with Gasteiger partial charge in [-0.3, -0.25) is 9.59 Å². The predicted molar refractivity (Wildman–Crippen MR) is 141 cm³/mol. The second-order valence-electron chi connectivity index (χ2n) is 10.6. The second kappa shape index (κ2) is 13.0. The maximum Gasteiger partial charge on any atom is 0.408 e. The van der Waals surface area contributed by atoms with E-state index in [0.717, 1.165) is 11.3 Å². The molecule has 0 heterocycles. The van der Waals surface area contributed by atoms with Crippen LogP contribution < -0.4 is 20.7 Å². The molecule has 2 rings (SSSR count). The number of hydrogen-bond acceptors (Lipinski definition) is 5. The number of benzene rings is 2. The molecule has 0 aliphatic heterocycles. The number of anilines is 1. The van der Waals surface area contributed by atoms with E-state index in [1.54, 1.807) is 32.9 Å². The van der Waals surface area contributed by atoms with E-state index in [0.29, 0.717) is 25.1 Å². The first-order valence-corrected chi connectivity index (χ1v) is 12.2. The number of nitrogens with one attached hydrogen (secondary N) is 3. The Balaban J connectivity index is 1.73. The molecule has 0 radical (unpaired) electrons. The van der Waals surface area contributed by atoms with Gasteiger partial charge in [0, 0.05) is 18.7 Å². The first-order valence-electron chi connectivity index (χ1n) is 12.2. The van der Waals surface area contributed by atoms with Gasteiger partial charge in [-0.15, -0.1) is 0 Å². The van der Waals surface area contributed by atoms with Gasteiger partial charge in [0.15, 0.2) is 0 Å². The molecule has 0 spiro atoms. The predicted octanol–water partition coefficient (Wildman–Crippen LogP) is 4.92. The van der Waals surface area contributed by atoms with Gasteiger partial charge in [-0.1, -0.05) is 51.1 Å². The molecule has 196 valence electrons. The van der Waals surface area contributed by atoms with Crippen molar-refractivity contribution < 1.29 is 23.9 Å². The summed E-state index contributed by atoms with van der Waals surface area (Å²) in [6.07, 6.45) is 0.250. The molecular formula is C28H39N3O5. The number of carbonyl (C=O) groups is 3. The maximum absolute atomic E-state index is 12.3. The Morgan fingerprint density at radius 1 is 0.833 bits per heavy atom. The fourth-order valence-corrected chi connectivity index (χ4v) is 3.21. The summed E-state index contributed by atoms with van der Waals surface area (Å²) in [6.45, 7) is 12.2. The number of ether oxygens (including phenoxy) is 2. The van der Waals surface area contributed by atoms with E-state index in [1.807, 2.05) is 24.3 Å². The summed E-state index contributed by atoms with van der Waals surface area (Å²) in [5, 5.41) is 8.06. The highest BCUT2D eigenvalue weighted by Crippen LogP contribution is 2.24. The van der Waals surface area contributed by atoms with Gasteiger partial charge < -0.3 is 25.4 Å². The summed E-state index contributed by atoms with van der Waals surface area (Å²) in [5.74, 6) is 0.288. The molecule has 0 saturated carbocycles. The summed E-state index contributed by atoms with van der Waals surface area (Å²) >= 11 is 0. The minimum Gasteiger partial charge on any atom is -0.494 e. The molecule has 0 aliphatic carbocycles. The van der Waals surface area contributed by atoms with Gasteiger partial charge in [-0.2, -0.15) is 0 Å². The first-order chi connectivity index (χ1) is 16.8. The lowest BCUT2D eigenvalue weighted by atomic mass is 9.87. The molecule has 2 aromatic carbocycles. The van der Waals surface area contributed by atoms with Gasteiger partial charge in [0.05, 0.1) is 6.61 Å². The highest BCUT2D eigenvalue weighted by Gasteiger charge is 2.17. The van der Waals surface area contributed by atoms with Crippen LogP contribution in [0.3, 0.4) is 0 Å². The number of amides is 3. The van der Waals surface area contributed by atoms with Crippen molar-refractivity contribution in [3.8, 4) is 5.75 Å². The van der Waals surface area contributed by atoms with Crippen LogP contribution in [0.25, 0.3) is 0 Å². The molecule has 3 amide bonds. The monoisotopic (exact) mass is 497 g/mol. The van der Waals surface area contributed by atoms with Crippen molar-refractivity contribution in [2.75, 3.05) is 18.5 Å². The van der Waals surface area contributed by atoms with Crippen molar-refractivity contribution in [1.29, 1.82) is 0 Å². The van der Waals surface area contributed by atoms with Crippen LogP contribution in [0.4, 0.5) is 10.5 Å². The third-order valence-corrected chi connectivity index (χ3v) is 5.10. The minimum absolute atomic E-state index is 0.0923. The summed E-state index contributed by atoms with van der Waals surface area (Å²) in [7, 11) is 0. The summed E-state index contributed by atoms with van der Waals surface area (Å²) < 4.78 is 10.9. The Bertz CT molecular complexity index is 1020. The van der Waals surface area contributed by atoms with Crippen molar-refractivity contribution in [2.45, 2.75) is 71.9 Å². The van der Waals surface area contributed by atoms with Crippen LogP contribution in [0.1, 0.15) is 65.5 Å². The van der Waals surface area contributed by atoms with E-state index in [2.05, 4.69) is 48.9 Å². The van der Waals surface area contributed by atoms with Gasteiger partial charge in [-0.05, 0) is 61.9 Å².